The Bertz CT molecular complexity index is 513. The first-order chi connectivity index (χ1) is 11.0. The fourth-order valence-corrected chi connectivity index (χ4v) is 2.01. The highest BCUT2D eigenvalue weighted by Gasteiger charge is 2.01. The molecule has 0 fully saturated rings. The maximum Gasteiger partial charge on any atom is 0.0952 e. The Hall–Kier alpha value is -1.87. The van der Waals surface area contributed by atoms with Crippen molar-refractivity contribution in [1.82, 2.24) is 9.55 Å². The molecule has 0 aliphatic heterocycles. The highest BCUT2D eigenvalue weighted by Crippen LogP contribution is 2.10. The van der Waals surface area contributed by atoms with Gasteiger partial charge in [-0.2, -0.15) is 0 Å². The fourth-order valence-electron chi connectivity index (χ4n) is 2.01. The second-order valence-electron chi connectivity index (χ2n) is 6.02. The van der Waals surface area contributed by atoms with Gasteiger partial charge in [-0.3, -0.25) is 0 Å². The van der Waals surface area contributed by atoms with Crippen LogP contribution in [0.1, 0.15) is 44.9 Å². The van der Waals surface area contributed by atoms with Crippen LogP contribution in [0, 0.1) is 5.92 Å². The fraction of sp³-hybridized carbons (Fsp3) is 0.450. The molecule has 2 N–H and O–H groups in total. The first kappa shape index (κ1) is 21.1. The van der Waals surface area contributed by atoms with E-state index in [1.54, 1.807) is 0 Å². The Kier molecular flexibility index (Phi) is 11.6. The van der Waals surface area contributed by atoms with E-state index in [9.17, 15) is 0 Å². The molecule has 0 aliphatic rings. The summed E-state index contributed by atoms with van der Waals surface area (Å²) in [4.78, 5) is 4.25. The Morgan fingerprint density at radius 2 is 1.74 bits per heavy atom. The molecule has 2 rings (SSSR count). The lowest BCUT2D eigenvalue weighted by Gasteiger charge is -2.02. The van der Waals surface area contributed by atoms with E-state index >= 15 is 0 Å². The Morgan fingerprint density at radius 1 is 1.13 bits per heavy atom. The molecule has 3 nitrogen and oxygen atoms in total. The minimum Gasteiger partial charge on any atom is -0.333 e. The summed E-state index contributed by atoms with van der Waals surface area (Å²) in [5, 5.41) is 0. The average molecular weight is 316 g/mol. The van der Waals surface area contributed by atoms with E-state index < -0.39 is 0 Å². The molecular weight excluding hydrogens is 282 g/mol. The van der Waals surface area contributed by atoms with Crippen molar-refractivity contribution in [3.05, 3.63) is 66.8 Å². The molecule has 1 aromatic heterocycles. The third-order valence-electron chi connectivity index (χ3n) is 3.07. The van der Waals surface area contributed by atoms with Gasteiger partial charge in [0.2, 0.25) is 0 Å². The molecule has 0 atom stereocenters. The summed E-state index contributed by atoms with van der Waals surface area (Å²) in [6.45, 7) is 13.3. The van der Waals surface area contributed by atoms with Gasteiger partial charge in [-0.15, -0.1) is 6.58 Å². The number of hydrogen-bond acceptors (Lipinski definition) is 2. The predicted molar refractivity (Wildman–Crippen MR) is 102 cm³/mol. The normalized spacial score (nSPS) is 9.74. The van der Waals surface area contributed by atoms with Gasteiger partial charge in [-0.25, -0.2) is 4.98 Å². The number of hydrogen-bond donors (Lipinski definition) is 1. The van der Waals surface area contributed by atoms with Crippen molar-refractivity contribution >= 4 is 0 Å². The molecule has 0 aliphatic carbocycles. The van der Waals surface area contributed by atoms with E-state index in [0.29, 0.717) is 5.92 Å². The standard InChI is InChI=1S/C10H14.C9H14N2.CH5N/c1-9(2)8-10-6-4-3-5-7-10;1-4-5-11-6-9(8(2)3)10-7-11;1-2/h3-7,9H,8H2,1-2H3;4,6-8H,1,5H2,2-3H3;2H2,1H3. The van der Waals surface area contributed by atoms with Gasteiger partial charge in [0.15, 0.2) is 0 Å². The van der Waals surface area contributed by atoms with E-state index in [0.717, 1.165) is 18.2 Å². The summed E-state index contributed by atoms with van der Waals surface area (Å²) >= 11 is 0. The van der Waals surface area contributed by atoms with Gasteiger partial charge < -0.3 is 10.3 Å². The molecule has 0 amide bonds. The van der Waals surface area contributed by atoms with E-state index in [1.807, 2.05) is 17.0 Å². The highest BCUT2D eigenvalue weighted by molar-refractivity contribution is 5.14. The number of aromatic nitrogens is 2. The smallest absolute Gasteiger partial charge is 0.0952 e. The zero-order chi connectivity index (χ0) is 17.7. The van der Waals surface area contributed by atoms with E-state index in [1.165, 1.54) is 19.0 Å². The molecule has 2 aromatic rings. The zero-order valence-corrected chi connectivity index (χ0v) is 15.4. The number of benzene rings is 1. The van der Waals surface area contributed by atoms with Crippen molar-refractivity contribution in [3.63, 3.8) is 0 Å². The summed E-state index contributed by atoms with van der Waals surface area (Å²) in [5.74, 6) is 1.28. The maximum absolute atomic E-state index is 4.50. The summed E-state index contributed by atoms with van der Waals surface area (Å²) < 4.78 is 2.03. The van der Waals surface area contributed by atoms with Crippen LogP contribution in [0.5, 0.6) is 0 Å². The summed E-state index contributed by atoms with van der Waals surface area (Å²) in [6, 6.07) is 10.6. The van der Waals surface area contributed by atoms with Crippen LogP contribution in [0.25, 0.3) is 0 Å². The predicted octanol–water partition coefficient (Wildman–Crippen LogP) is 4.65. The summed E-state index contributed by atoms with van der Waals surface area (Å²) in [6.07, 6.45) is 6.97. The number of rotatable bonds is 5. The van der Waals surface area contributed by atoms with Crippen LogP contribution in [-0.4, -0.2) is 16.6 Å². The van der Waals surface area contributed by atoms with Gasteiger partial charge in [0.25, 0.3) is 0 Å². The maximum atomic E-state index is 4.50. The van der Waals surface area contributed by atoms with Crippen LogP contribution in [0.3, 0.4) is 0 Å². The van der Waals surface area contributed by atoms with Crippen LogP contribution in [0.2, 0.25) is 0 Å². The quantitative estimate of drug-likeness (QED) is 0.816. The topological polar surface area (TPSA) is 43.8 Å². The largest absolute Gasteiger partial charge is 0.333 e. The number of imidazole rings is 1. The minimum atomic E-state index is 0.515. The van der Waals surface area contributed by atoms with Crippen LogP contribution in [0.4, 0.5) is 0 Å². The van der Waals surface area contributed by atoms with E-state index in [-0.39, 0.29) is 0 Å². The number of nitrogens with two attached hydrogens (primary N) is 1. The molecular formula is C20H33N3. The lowest BCUT2D eigenvalue weighted by molar-refractivity contribution is 0.647. The third-order valence-corrected chi connectivity index (χ3v) is 3.07. The molecule has 0 radical (unpaired) electrons. The molecule has 1 heterocycles. The van der Waals surface area contributed by atoms with Gasteiger partial charge in [0.05, 0.1) is 12.0 Å². The van der Waals surface area contributed by atoms with Crippen molar-refractivity contribution in [2.24, 2.45) is 11.7 Å². The summed E-state index contributed by atoms with van der Waals surface area (Å²) in [5.41, 5.74) is 7.09. The first-order valence-corrected chi connectivity index (χ1v) is 8.27. The Labute approximate surface area is 142 Å². The van der Waals surface area contributed by atoms with Crippen LogP contribution >= 0.6 is 0 Å². The monoisotopic (exact) mass is 315 g/mol. The second kappa shape index (κ2) is 12.7. The van der Waals surface area contributed by atoms with Crippen molar-refractivity contribution in [2.45, 2.75) is 46.6 Å². The van der Waals surface area contributed by atoms with Crippen LogP contribution in [0.15, 0.2) is 55.5 Å². The highest BCUT2D eigenvalue weighted by atomic mass is 15.0. The number of allylic oxidation sites excluding steroid dienone is 1. The van der Waals surface area contributed by atoms with Crippen molar-refractivity contribution in [2.75, 3.05) is 7.05 Å². The Morgan fingerprint density at radius 3 is 2.17 bits per heavy atom. The lowest BCUT2D eigenvalue weighted by Crippen LogP contribution is -1.92. The van der Waals surface area contributed by atoms with Crippen molar-refractivity contribution < 1.29 is 0 Å². The van der Waals surface area contributed by atoms with Gasteiger partial charge >= 0.3 is 0 Å². The zero-order valence-electron chi connectivity index (χ0n) is 15.4. The first-order valence-electron chi connectivity index (χ1n) is 8.27. The van der Waals surface area contributed by atoms with E-state index in [2.05, 4.69) is 81.5 Å². The van der Waals surface area contributed by atoms with Gasteiger partial charge in [-0.05, 0) is 30.9 Å². The van der Waals surface area contributed by atoms with Crippen molar-refractivity contribution in [3.8, 4) is 0 Å². The summed E-state index contributed by atoms with van der Waals surface area (Å²) in [7, 11) is 1.50. The lowest BCUT2D eigenvalue weighted by atomic mass is 10.0. The molecule has 128 valence electrons. The molecule has 0 saturated carbocycles. The molecule has 0 saturated heterocycles. The SMILES string of the molecule is C=CCn1cnc(C(C)C)c1.CC(C)Cc1ccccc1.CN. The van der Waals surface area contributed by atoms with Crippen LogP contribution in [-0.2, 0) is 13.0 Å². The van der Waals surface area contributed by atoms with E-state index in [4.69, 9.17) is 0 Å². The van der Waals surface area contributed by atoms with Gasteiger partial charge in [0, 0.05) is 12.7 Å². The Balaban J connectivity index is 0.000000381. The minimum absolute atomic E-state index is 0.515. The second-order valence-corrected chi connectivity index (χ2v) is 6.02. The molecule has 23 heavy (non-hydrogen) atoms. The van der Waals surface area contributed by atoms with Gasteiger partial charge in [0.1, 0.15) is 0 Å². The molecule has 0 unspecified atom stereocenters. The average Bonchev–Trinajstić information content (AvgIpc) is 3.00. The number of nitrogens with zero attached hydrogens (tertiary/aromatic N) is 2. The van der Waals surface area contributed by atoms with Crippen molar-refractivity contribution in [1.29, 1.82) is 0 Å². The van der Waals surface area contributed by atoms with Gasteiger partial charge in [-0.1, -0.05) is 64.1 Å². The third kappa shape index (κ3) is 9.69. The van der Waals surface area contributed by atoms with Crippen LogP contribution < -0.4 is 5.73 Å². The molecule has 1 aromatic carbocycles. The molecule has 0 bridgehead atoms. The molecule has 3 heteroatoms. The molecule has 0 spiro atoms.